The Bertz CT molecular complexity index is 303. The Morgan fingerprint density at radius 1 is 0.867 bits per heavy atom. The van der Waals surface area contributed by atoms with Gasteiger partial charge in [0.25, 0.3) is 0 Å². The minimum absolute atomic E-state index is 0.389. The van der Waals surface area contributed by atoms with E-state index in [0.717, 1.165) is 30.1 Å². The molecule has 5 fully saturated rings. The van der Waals surface area contributed by atoms with Crippen molar-refractivity contribution in [1.82, 2.24) is 0 Å². The van der Waals surface area contributed by atoms with Crippen LogP contribution in [0.2, 0.25) is 0 Å². The minimum Gasteiger partial charge on any atom is -0.323 e. The molecule has 0 aromatic heterocycles. The van der Waals surface area contributed by atoms with Gasteiger partial charge < -0.3 is 4.57 Å². The molecule has 0 atom stereocenters. The fourth-order valence-corrected chi connectivity index (χ4v) is 9.10. The van der Waals surface area contributed by atoms with Crippen LogP contribution in [0.15, 0.2) is 0 Å². The lowest BCUT2D eigenvalue weighted by Gasteiger charge is -2.60. The molecule has 0 unspecified atom stereocenters. The minimum atomic E-state index is -1.69. The molecule has 0 spiro atoms. The van der Waals surface area contributed by atoms with Crippen LogP contribution in [0.4, 0.5) is 0 Å². The van der Waals surface area contributed by atoms with Crippen LogP contribution in [0.5, 0.6) is 0 Å². The largest absolute Gasteiger partial charge is 0.323 e. The van der Waals surface area contributed by atoms with Crippen molar-refractivity contribution in [3.05, 3.63) is 0 Å². The summed E-state index contributed by atoms with van der Waals surface area (Å²) in [6.07, 6.45) is 12.0. The molecule has 4 bridgehead atoms. The predicted molar refractivity (Wildman–Crippen MR) is 62.9 cm³/mol. The van der Waals surface area contributed by atoms with Crippen LogP contribution < -0.4 is 0 Å². The monoisotopic (exact) mass is 224 g/mol. The molecule has 4 aliphatic carbocycles. The van der Waals surface area contributed by atoms with E-state index in [2.05, 4.69) is 0 Å². The molecule has 1 nitrogen and oxygen atoms in total. The highest BCUT2D eigenvalue weighted by Crippen LogP contribution is 2.76. The summed E-state index contributed by atoms with van der Waals surface area (Å²) >= 11 is 0. The molecule has 84 valence electrons. The smallest absolute Gasteiger partial charge is 0.0936 e. The van der Waals surface area contributed by atoms with Crippen LogP contribution in [-0.4, -0.2) is 17.5 Å². The average molecular weight is 224 g/mol. The third-order valence-corrected chi connectivity index (χ3v) is 10.3. The zero-order chi connectivity index (χ0) is 10.1. The Morgan fingerprint density at radius 2 is 1.33 bits per heavy atom. The van der Waals surface area contributed by atoms with Crippen LogP contribution in [0, 0.1) is 17.8 Å². The van der Waals surface area contributed by atoms with Gasteiger partial charge >= 0.3 is 0 Å². The van der Waals surface area contributed by atoms with Crippen LogP contribution in [-0.2, 0) is 4.57 Å². The lowest BCUT2D eigenvalue weighted by molar-refractivity contribution is 0.0320. The van der Waals surface area contributed by atoms with Gasteiger partial charge in [-0.05, 0) is 62.7 Å². The van der Waals surface area contributed by atoms with Gasteiger partial charge in [0, 0.05) is 17.5 Å². The van der Waals surface area contributed by atoms with Crippen molar-refractivity contribution < 1.29 is 4.57 Å². The van der Waals surface area contributed by atoms with E-state index in [1.165, 1.54) is 44.9 Å². The lowest BCUT2D eigenvalue weighted by Crippen LogP contribution is -2.52. The first-order valence-corrected chi connectivity index (χ1v) is 8.85. The fourth-order valence-electron chi connectivity index (χ4n) is 5.48. The van der Waals surface area contributed by atoms with E-state index in [1.54, 1.807) is 0 Å². The van der Waals surface area contributed by atoms with Crippen molar-refractivity contribution in [2.75, 3.05) is 12.3 Å². The molecule has 0 aromatic rings. The fraction of sp³-hybridized carbons (Fsp3) is 1.00. The molecule has 0 amide bonds. The van der Waals surface area contributed by atoms with Crippen molar-refractivity contribution in [2.45, 2.75) is 50.1 Å². The summed E-state index contributed by atoms with van der Waals surface area (Å²) < 4.78 is 12.9. The number of rotatable bonds is 1. The molecule has 5 rings (SSSR count). The van der Waals surface area contributed by atoms with E-state index in [1.807, 2.05) is 0 Å². The second-order valence-corrected chi connectivity index (χ2v) is 10.5. The maximum absolute atomic E-state index is 12.9. The zero-order valence-electron chi connectivity index (χ0n) is 9.45. The molecule has 5 aliphatic rings. The maximum atomic E-state index is 12.9. The number of hydrogen-bond donors (Lipinski definition) is 0. The highest BCUT2D eigenvalue weighted by molar-refractivity contribution is 7.67. The third-order valence-electron chi connectivity index (χ3n) is 5.91. The van der Waals surface area contributed by atoms with E-state index in [-0.39, 0.29) is 0 Å². The summed E-state index contributed by atoms with van der Waals surface area (Å²) in [5.74, 6) is 2.92. The van der Waals surface area contributed by atoms with Gasteiger partial charge in [-0.1, -0.05) is 0 Å². The standard InChI is InChI=1S/C13H21OP/c14-15(2-1-3-15)13-7-10-4-11(8-13)6-12(5-10)9-13/h10-12H,1-9H2. The molecule has 0 N–H and O–H groups in total. The molecule has 15 heavy (non-hydrogen) atoms. The highest BCUT2D eigenvalue weighted by atomic mass is 31.2. The average Bonchev–Trinajstić information content (AvgIpc) is 2.11. The Balaban J connectivity index is 1.74. The third kappa shape index (κ3) is 1.09. The summed E-state index contributed by atoms with van der Waals surface area (Å²) in [5, 5.41) is 0.389. The molecule has 0 radical (unpaired) electrons. The second kappa shape index (κ2) is 2.73. The van der Waals surface area contributed by atoms with Crippen LogP contribution >= 0.6 is 7.14 Å². The van der Waals surface area contributed by atoms with Gasteiger partial charge in [-0.15, -0.1) is 0 Å². The molecular weight excluding hydrogens is 203 g/mol. The van der Waals surface area contributed by atoms with E-state index < -0.39 is 7.14 Å². The van der Waals surface area contributed by atoms with E-state index in [4.69, 9.17) is 0 Å². The highest BCUT2D eigenvalue weighted by Gasteiger charge is 2.60. The molecule has 4 saturated carbocycles. The zero-order valence-corrected chi connectivity index (χ0v) is 10.3. The van der Waals surface area contributed by atoms with E-state index in [0.29, 0.717) is 5.16 Å². The Labute approximate surface area is 92.4 Å². The van der Waals surface area contributed by atoms with Crippen molar-refractivity contribution in [1.29, 1.82) is 0 Å². The Hall–Kier alpha value is 0.230. The van der Waals surface area contributed by atoms with Crippen molar-refractivity contribution in [2.24, 2.45) is 17.8 Å². The van der Waals surface area contributed by atoms with Crippen molar-refractivity contribution in [3.8, 4) is 0 Å². The SMILES string of the molecule is O=P1(C23CC4CC(CC(C4)C2)C3)CCC1. The molecule has 0 aromatic carbocycles. The van der Waals surface area contributed by atoms with Crippen molar-refractivity contribution >= 4 is 7.14 Å². The Morgan fingerprint density at radius 3 is 1.67 bits per heavy atom. The van der Waals surface area contributed by atoms with Crippen LogP contribution in [0.3, 0.4) is 0 Å². The van der Waals surface area contributed by atoms with E-state index >= 15 is 0 Å². The van der Waals surface area contributed by atoms with E-state index in [9.17, 15) is 4.57 Å². The van der Waals surface area contributed by atoms with Gasteiger partial charge in [-0.25, -0.2) is 0 Å². The summed E-state index contributed by atoms with van der Waals surface area (Å²) in [6.45, 7) is 0. The maximum Gasteiger partial charge on any atom is 0.0936 e. The topological polar surface area (TPSA) is 17.1 Å². The van der Waals surface area contributed by atoms with Crippen molar-refractivity contribution in [3.63, 3.8) is 0 Å². The number of hydrogen-bond acceptors (Lipinski definition) is 1. The summed E-state index contributed by atoms with van der Waals surface area (Å²) in [5.41, 5.74) is 0. The summed E-state index contributed by atoms with van der Waals surface area (Å²) in [7, 11) is -1.69. The first kappa shape index (κ1) is 9.28. The Kier molecular flexibility index (Phi) is 1.69. The lowest BCUT2D eigenvalue weighted by atomic mass is 9.56. The van der Waals surface area contributed by atoms with Gasteiger partial charge in [0.15, 0.2) is 0 Å². The van der Waals surface area contributed by atoms with Gasteiger partial charge in [0.2, 0.25) is 0 Å². The molecule has 1 saturated heterocycles. The van der Waals surface area contributed by atoms with Gasteiger partial charge in [-0.2, -0.15) is 0 Å². The van der Waals surface area contributed by atoms with Crippen LogP contribution in [0.25, 0.3) is 0 Å². The second-order valence-electron chi connectivity index (χ2n) is 6.83. The summed E-state index contributed by atoms with van der Waals surface area (Å²) in [6, 6.07) is 0. The molecule has 2 heteroatoms. The summed E-state index contributed by atoms with van der Waals surface area (Å²) in [4.78, 5) is 0. The first-order chi connectivity index (χ1) is 7.19. The molecule has 1 aliphatic heterocycles. The predicted octanol–water partition coefficient (Wildman–Crippen LogP) is 3.72. The molecular formula is C13H21OP. The van der Waals surface area contributed by atoms with Crippen LogP contribution in [0.1, 0.15) is 44.9 Å². The van der Waals surface area contributed by atoms with Gasteiger partial charge in [0.05, 0.1) is 7.14 Å². The van der Waals surface area contributed by atoms with Gasteiger partial charge in [0.1, 0.15) is 0 Å². The quantitative estimate of drug-likeness (QED) is 0.620. The normalized spacial score (nSPS) is 55.3. The first-order valence-electron chi connectivity index (χ1n) is 6.77. The van der Waals surface area contributed by atoms with Gasteiger partial charge in [-0.3, -0.25) is 0 Å². The molecule has 1 heterocycles.